The highest BCUT2D eigenvalue weighted by molar-refractivity contribution is 5.45. The highest BCUT2D eigenvalue weighted by Gasteiger charge is 2.29. The molecule has 2 rings (SSSR count). The summed E-state index contributed by atoms with van der Waals surface area (Å²) in [7, 11) is 0. The van der Waals surface area contributed by atoms with Crippen LogP contribution in [0.15, 0.2) is 30.3 Å². The molecule has 0 atom stereocenters. The van der Waals surface area contributed by atoms with Gasteiger partial charge in [0.15, 0.2) is 0 Å². The van der Waals surface area contributed by atoms with E-state index in [1.807, 2.05) is 0 Å². The Hall–Kier alpha value is -1.02. The van der Waals surface area contributed by atoms with Crippen molar-refractivity contribution in [2.45, 2.75) is 57.4 Å². The van der Waals surface area contributed by atoms with Crippen molar-refractivity contribution in [1.82, 2.24) is 0 Å². The van der Waals surface area contributed by atoms with Gasteiger partial charge in [-0.05, 0) is 37.8 Å². The Morgan fingerprint density at radius 1 is 1.11 bits per heavy atom. The van der Waals surface area contributed by atoms with Crippen molar-refractivity contribution in [1.29, 1.82) is 0 Å². The number of anilines is 1. The van der Waals surface area contributed by atoms with Crippen LogP contribution in [0.4, 0.5) is 5.69 Å². The molecule has 0 amide bonds. The second-order valence-electron chi connectivity index (χ2n) is 6.00. The van der Waals surface area contributed by atoms with Crippen LogP contribution in [0.2, 0.25) is 0 Å². The van der Waals surface area contributed by atoms with Gasteiger partial charge in [-0.1, -0.05) is 44.4 Å². The van der Waals surface area contributed by atoms with E-state index in [4.69, 9.17) is 5.73 Å². The highest BCUT2D eigenvalue weighted by Crippen LogP contribution is 2.30. The van der Waals surface area contributed by atoms with Crippen LogP contribution in [-0.4, -0.2) is 18.6 Å². The lowest BCUT2D eigenvalue weighted by Crippen LogP contribution is -2.40. The Morgan fingerprint density at radius 2 is 1.79 bits per heavy atom. The summed E-state index contributed by atoms with van der Waals surface area (Å²) in [6, 6.07) is 10.8. The van der Waals surface area contributed by atoms with Gasteiger partial charge in [0.2, 0.25) is 0 Å². The SMILES string of the molecule is CCCCN(CCC1(N)CCCC1)c1ccccc1. The Kier molecular flexibility index (Phi) is 5.26. The summed E-state index contributed by atoms with van der Waals surface area (Å²) in [5.74, 6) is 0. The number of hydrogen-bond acceptors (Lipinski definition) is 2. The van der Waals surface area contributed by atoms with Crippen molar-refractivity contribution in [3.63, 3.8) is 0 Å². The molecule has 0 aliphatic heterocycles. The predicted molar refractivity (Wildman–Crippen MR) is 83.6 cm³/mol. The molecule has 0 radical (unpaired) electrons. The summed E-state index contributed by atoms with van der Waals surface area (Å²) in [5.41, 5.74) is 7.94. The smallest absolute Gasteiger partial charge is 0.0366 e. The summed E-state index contributed by atoms with van der Waals surface area (Å²) in [4.78, 5) is 2.51. The molecule has 1 aromatic rings. The third kappa shape index (κ3) is 4.24. The Morgan fingerprint density at radius 3 is 2.42 bits per heavy atom. The van der Waals surface area contributed by atoms with Gasteiger partial charge < -0.3 is 10.6 Å². The lowest BCUT2D eigenvalue weighted by atomic mass is 9.94. The van der Waals surface area contributed by atoms with Gasteiger partial charge in [0, 0.05) is 24.3 Å². The molecule has 2 N–H and O–H groups in total. The molecule has 19 heavy (non-hydrogen) atoms. The number of nitrogens with zero attached hydrogens (tertiary/aromatic N) is 1. The van der Waals surface area contributed by atoms with Gasteiger partial charge in [-0.25, -0.2) is 0 Å². The van der Waals surface area contributed by atoms with Crippen LogP contribution < -0.4 is 10.6 Å². The number of unbranched alkanes of at least 4 members (excludes halogenated alkanes) is 1. The monoisotopic (exact) mass is 260 g/mol. The van der Waals surface area contributed by atoms with E-state index in [2.05, 4.69) is 42.2 Å². The molecule has 0 bridgehead atoms. The topological polar surface area (TPSA) is 29.3 Å². The number of benzene rings is 1. The zero-order chi connectivity index (χ0) is 13.6. The maximum Gasteiger partial charge on any atom is 0.0366 e. The van der Waals surface area contributed by atoms with Gasteiger partial charge >= 0.3 is 0 Å². The first-order valence-electron chi connectivity index (χ1n) is 7.82. The quantitative estimate of drug-likeness (QED) is 0.804. The molecule has 0 spiro atoms. The fraction of sp³-hybridized carbons (Fsp3) is 0.647. The Bertz CT molecular complexity index is 355. The van der Waals surface area contributed by atoms with Crippen molar-refractivity contribution in [3.05, 3.63) is 30.3 Å². The van der Waals surface area contributed by atoms with Crippen LogP contribution in [0.1, 0.15) is 51.9 Å². The van der Waals surface area contributed by atoms with E-state index in [-0.39, 0.29) is 5.54 Å². The first-order chi connectivity index (χ1) is 9.23. The third-order valence-electron chi connectivity index (χ3n) is 4.38. The zero-order valence-electron chi connectivity index (χ0n) is 12.3. The van der Waals surface area contributed by atoms with E-state index in [0.29, 0.717) is 0 Å². The molecule has 106 valence electrons. The van der Waals surface area contributed by atoms with Crippen molar-refractivity contribution >= 4 is 5.69 Å². The lowest BCUT2D eigenvalue weighted by molar-refractivity contribution is 0.405. The van der Waals surface area contributed by atoms with Crippen LogP contribution in [0.5, 0.6) is 0 Å². The van der Waals surface area contributed by atoms with E-state index in [9.17, 15) is 0 Å². The standard InChI is InChI=1S/C17H28N2/c1-2-3-14-19(16-9-5-4-6-10-16)15-13-17(18)11-7-8-12-17/h4-6,9-10H,2-3,7-8,11-15,18H2,1H3. The molecule has 1 aliphatic carbocycles. The number of para-hydroxylation sites is 1. The van der Waals surface area contributed by atoms with Gasteiger partial charge in [0.05, 0.1) is 0 Å². The molecule has 1 aliphatic rings. The average Bonchev–Trinajstić information content (AvgIpc) is 2.87. The zero-order valence-corrected chi connectivity index (χ0v) is 12.3. The normalized spacial score (nSPS) is 17.6. The Labute approximate surface area is 118 Å². The molecule has 2 nitrogen and oxygen atoms in total. The largest absolute Gasteiger partial charge is 0.371 e. The average molecular weight is 260 g/mol. The van der Waals surface area contributed by atoms with Crippen molar-refractivity contribution < 1.29 is 0 Å². The second kappa shape index (κ2) is 6.95. The molecule has 0 saturated heterocycles. The third-order valence-corrected chi connectivity index (χ3v) is 4.38. The maximum atomic E-state index is 6.49. The minimum Gasteiger partial charge on any atom is -0.371 e. The number of hydrogen-bond donors (Lipinski definition) is 1. The summed E-state index contributed by atoms with van der Waals surface area (Å²) >= 11 is 0. The fourth-order valence-electron chi connectivity index (χ4n) is 3.04. The molecule has 2 heteroatoms. The second-order valence-corrected chi connectivity index (χ2v) is 6.00. The van der Waals surface area contributed by atoms with E-state index in [1.54, 1.807) is 0 Å². The van der Waals surface area contributed by atoms with Crippen LogP contribution in [0.3, 0.4) is 0 Å². The van der Waals surface area contributed by atoms with E-state index >= 15 is 0 Å². The van der Waals surface area contributed by atoms with Crippen molar-refractivity contribution in [3.8, 4) is 0 Å². The summed E-state index contributed by atoms with van der Waals surface area (Å²) in [5, 5.41) is 0. The molecule has 0 heterocycles. The molecule has 0 aromatic heterocycles. The van der Waals surface area contributed by atoms with E-state index in [1.165, 1.54) is 44.2 Å². The van der Waals surface area contributed by atoms with Crippen LogP contribution in [0, 0.1) is 0 Å². The first kappa shape index (κ1) is 14.4. The minimum absolute atomic E-state index is 0.110. The first-order valence-corrected chi connectivity index (χ1v) is 7.82. The minimum atomic E-state index is 0.110. The molecule has 1 fully saturated rings. The Balaban J connectivity index is 1.94. The lowest BCUT2D eigenvalue weighted by Gasteiger charge is -2.30. The van der Waals surface area contributed by atoms with E-state index in [0.717, 1.165) is 19.5 Å². The maximum absolute atomic E-state index is 6.49. The summed E-state index contributed by atoms with van der Waals surface area (Å²) in [6.07, 6.45) is 8.69. The molecule has 1 aromatic carbocycles. The summed E-state index contributed by atoms with van der Waals surface area (Å²) < 4.78 is 0. The van der Waals surface area contributed by atoms with Crippen LogP contribution in [-0.2, 0) is 0 Å². The predicted octanol–water partition coefficient (Wildman–Crippen LogP) is 3.95. The van der Waals surface area contributed by atoms with Crippen LogP contribution in [0.25, 0.3) is 0 Å². The van der Waals surface area contributed by atoms with Crippen molar-refractivity contribution in [2.75, 3.05) is 18.0 Å². The van der Waals surface area contributed by atoms with Gasteiger partial charge in [-0.2, -0.15) is 0 Å². The van der Waals surface area contributed by atoms with Gasteiger partial charge in [-0.3, -0.25) is 0 Å². The number of nitrogens with two attached hydrogens (primary N) is 1. The van der Waals surface area contributed by atoms with Gasteiger partial charge in [-0.15, -0.1) is 0 Å². The molecule has 1 saturated carbocycles. The van der Waals surface area contributed by atoms with E-state index < -0.39 is 0 Å². The fourth-order valence-corrected chi connectivity index (χ4v) is 3.04. The van der Waals surface area contributed by atoms with Gasteiger partial charge in [0.25, 0.3) is 0 Å². The highest BCUT2D eigenvalue weighted by atomic mass is 15.1. The molecular formula is C17H28N2. The van der Waals surface area contributed by atoms with Gasteiger partial charge in [0.1, 0.15) is 0 Å². The number of rotatable bonds is 7. The molecular weight excluding hydrogens is 232 g/mol. The van der Waals surface area contributed by atoms with Crippen LogP contribution >= 0.6 is 0 Å². The summed E-state index contributed by atoms with van der Waals surface area (Å²) in [6.45, 7) is 4.50. The molecule has 0 unspecified atom stereocenters. The van der Waals surface area contributed by atoms with Crippen molar-refractivity contribution in [2.24, 2.45) is 5.73 Å².